The molecule has 1 aromatic carbocycles. The van der Waals surface area contributed by atoms with Crippen molar-refractivity contribution in [2.45, 2.75) is 38.8 Å². The van der Waals surface area contributed by atoms with E-state index in [0.29, 0.717) is 18.8 Å². The molecule has 5 rings (SSSR count). The molecule has 3 heterocycles. The van der Waals surface area contributed by atoms with E-state index in [0.717, 1.165) is 24.2 Å². The Balaban J connectivity index is 1.27. The zero-order chi connectivity index (χ0) is 18.9. The first-order valence-corrected chi connectivity index (χ1v) is 9.71. The summed E-state index contributed by atoms with van der Waals surface area (Å²) in [5, 5.41) is 4.26. The summed E-state index contributed by atoms with van der Waals surface area (Å²) in [6, 6.07) is 9.92. The van der Waals surface area contributed by atoms with E-state index in [4.69, 9.17) is 4.42 Å². The molecule has 0 bridgehead atoms. The van der Waals surface area contributed by atoms with Gasteiger partial charge in [0.15, 0.2) is 5.76 Å². The highest BCUT2D eigenvalue weighted by Gasteiger charge is 2.16. The molecule has 28 heavy (non-hydrogen) atoms. The molecule has 142 valence electrons. The number of H-pyrrole nitrogens is 1. The average Bonchev–Trinajstić information content (AvgIpc) is 3.46. The van der Waals surface area contributed by atoms with Crippen LogP contribution in [0.4, 0.5) is 0 Å². The minimum absolute atomic E-state index is 0.201. The van der Waals surface area contributed by atoms with Crippen molar-refractivity contribution >= 4 is 16.8 Å². The third-order valence-corrected chi connectivity index (χ3v) is 5.40. The van der Waals surface area contributed by atoms with E-state index in [1.807, 2.05) is 16.8 Å². The zero-order valence-electron chi connectivity index (χ0n) is 15.6. The van der Waals surface area contributed by atoms with Crippen molar-refractivity contribution in [2.75, 3.05) is 0 Å². The van der Waals surface area contributed by atoms with Gasteiger partial charge in [0.05, 0.1) is 12.9 Å². The molecule has 0 fully saturated rings. The van der Waals surface area contributed by atoms with Crippen LogP contribution in [0.15, 0.2) is 53.5 Å². The fourth-order valence-electron chi connectivity index (χ4n) is 3.98. The Hall–Kier alpha value is -3.28. The number of amides is 1. The van der Waals surface area contributed by atoms with Crippen LogP contribution < -0.4 is 5.32 Å². The Morgan fingerprint density at radius 1 is 1.21 bits per heavy atom. The number of rotatable bonds is 5. The van der Waals surface area contributed by atoms with Gasteiger partial charge in [0, 0.05) is 35.5 Å². The maximum atomic E-state index is 12.4. The highest BCUT2D eigenvalue weighted by atomic mass is 16.4. The Kier molecular flexibility index (Phi) is 4.24. The number of carbonyl (C=O) groups excluding carboxylic acids is 1. The van der Waals surface area contributed by atoms with Gasteiger partial charge >= 0.3 is 0 Å². The van der Waals surface area contributed by atoms with E-state index in [-0.39, 0.29) is 5.91 Å². The molecule has 0 unspecified atom stereocenters. The Morgan fingerprint density at radius 2 is 2.14 bits per heavy atom. The smallest absolute Gasteiger partial charge is 0.287 e. The number of aromatic nitrogens is 3. The van der Waals surface area contributed by atoms with E-state index < -0.39 is 0 Å². The average molecular weight is 374 g/mol. The van der Waals surface area contributed by atoms with Crippen molar-refractivity contribution in [3.63, 3.8) is 0 Å². The summed E-state index contributed by atoms with van der Waals surface area (Å²) in [4.78, 5) is 20.0. The molecule has 0 aliphatic heterocycles. The topological polar surface area (TPSA) is 75.8 Å². The molecule has 0 atom stereocenters. The molecule has 1 amide bonds. The van der Waals surface area contributed by atoms with E-state index in [2.05, 4.69) is 33.5 Å². The third kappa shape index (κ3) is 3.22. The fourth-order valence-corrected chi connectivity index (χ4v) is 3.98. The SMILES string of the molecule is O=C(NCc1ccc2[nH]c3c(c2c1)CCCC3)c1ccc(Cn2ccnc2)o1. The number of furan rings is 1. The van der Waals surface area contributed by atoms with Crippen LogP contribution in [-0.2, 0) is 25.9 Å². The normalized spacial score (nSPS) is 13.6. The minimum Gasteiger partial charge on any atom is -0.454 e. The van der Waals surface area contributed by atoms with Gasteiger partial charge in [-0.1, -0.05) is 6.07 Å². The Labute approximate surface area is 162 Å². The zero-order valence-corrected chi connectivity index (χ0v) is 15.6. The molecule has 1 aliphatic rings. The van der Waals surface area contributed by atoms with Gasteiger partial charge in [-0.05, 0) is 61.1 Å². The summed E-state index contributed by atoms with van der Waals surface area (Å²) in [5.41, 5.74) is 5.11. The summed E-state index contributed by atoms with van der Waals surface area (Å²) >= 11 is 0. The second-order valence-corrected chi connectivity index (χ2v) is 7.35. The fraction of sp³-hybridized carbons (Fsp3) is 0.273. The van der Waals surface area contributed by atoms with Gasteiger partial charge in [0.1, 0.15) is 5.76 Å². The van der Waals surface area contributed by atoms with E-state index >= 15 is 0 Å². The number of hydrogen-bond acceptors (Lipinski definition) is 3. The van der Waals surface area contributed by atoms with Crippen molar-refractivity contribution in [1.29, 1.82) is 0 Å². The van der Waals surface area contributed by atoms with Gasteiger partial charge in [-0.15, -0.1) is 0 Å². The van der Waals surface area contributed by atoms with Crippen LogP contribution in [0.25, 0.3) is 10.9 Å². The van der Waals surface area contributed by atoms with E-state index in [1.54, 1.807) is 18.6 Å². The summed E-state index contributed by atoms with van der Waals surface area (Å²) in [6.07, 6.45) is 10.1. The van der Waals surface area contributed by atoms with Gasteiger partial charge in [-0.25, -0.2) is 4.98 Å². The second-order valence-electron chi connectivity index (χ2n) is 7.35. The van der Waals surface area contributed by atoms with Gasteiger partial charge in [0.25, 0.3) is 5.91 Å². The monoisotopic (exact) mass is 374 g/mol. The number of nitrogens with one attached hydrogen (secondary N) is 2. The van der Waals surface area contributed by atoms with E-state index in [1.165, 1.54) is 35.0 Å². The van der Waals surface area contributed by atoms with Crippen molar-refractivity contribution in [2.24, 2.45) is 0 Å². The lowest BCUT2D eigenvalue weighted by atomic mass is 9.95. The standard InChI is InChI=1S/C22H22N4O2/c27-22(21-8-6-16(28-21)13-26-10-9-23-14-26)24-12-15-5-7-20-18(11-15)17-3-1-2-4-19(17)25-20/h5-11,14,25H,1-4,12-13H2,(H,24,27). The summed E-state index contributed by atoms with van der Waals surface area (Å²) in [7, 11) is 0. The maximum Gasteiger partial charge on any atom is 0.287 e. The first-order valence-electron chi connectivity index (χ1n) is 9.71. The molecule has 0 saturated carbocycles. The van der Waals surface area contributed by atoms with Crippen LogP contribution in [0.2, 0.25) is 0 Å². The largest absolute Gasteiger partial charge is 0.454 e. The highest BCUT2D eigenvalue weighted by Crippen LogP contribution is 2.29. The number of carbonyl (C=O) groups is 1. The van der Waals surface area contributed by atoms with Crippen LogP contribution in [-0.4, -0.2) is 20.4 Å². The molecule has 6 heteroatoms. The molecule has 2 N–H and O–H groups in total. The number of hydrogen-bond donors (Lipinski definition) is 2. The number of benzene rings is 1. The molecule has 0 radical (unpaired) electrons. The van der Waals surface area contributed by atoms with Crippen LogP contribution in [0.3, 0.4) is 0 Å². The summed E-state index contributed by atoms with van der Waals surface area (Å²) in [5.74, 6) is 0.854. The van der Waals surface area contributed by atoms with Crippen LogP contribution in [0.5, 0.6) is 0 Å². The van der Waals surface area contributed by atoms with Gasteiger partial charge < -0.3 is 19.3 Å². The third-order valence-electron chi connectivity index (χ3n) is 5.40. The van der Waals surface area contributed by atoms with Crippen LogP contribution in [0, 0.1) is 0 Å². The molecule has 4 aromatic rings. The quantitative estimate of drug-likeness (QED) is 0.558. The summed E-state index contributed by atoms with van der Waals surface area (Å²) < 4.78 is 7.57. The molecule has 0 saturated heterocycles. The highest BCUT2D eigenvalue weighted by molar-refractivity contribution is 5.91. The van der Waals surface area contributed by atoms with Crippen LogP contribution >= 0.6 is 0 Å². The predicted octanol–water partition coefficient (Wildman–Crippen LogP) is 3.81. The first-order chi connectivity index (χ1) is 13.8. The molecule has 6 nitrogen and oxygen atoms in total. The number of fused-ring (bicyclic) bond motifs is 3. The van der Waals surface area contributed by atoms with Gasteiger partial charge in [-0.2, -0.15) is 0 Å². The van der Waals surface area contributed by atoms with Gasteiger partial charge in [0.2, 0.25) is 0 Å². The molecule has 3 aromatic heterocycles. The number of aromatic amines is 1. The van der Waals surface area contributed by atoms with Gasteiger partial charge in [-0.3, -0.25) is 4.79 Å². The summed E-state index contributed by atoms with van der Waals surface area (Å²) in [6.45, 7) is 1.04. The Morgan fingerprint density at radius 3 is 3.04 bits per heavy atom. The van der Waals surface area contributed by atoms with Crippen LogP contribution in [0.1, 0.15) is 46.0 Å². The second kappa shape index (κ2) is 7.03. The Bertz CT molecular complexity index is 1120. The number of imidazole rings is 1. The lowest BCUT2D eigenvalue weighted by Crippen LogP contribution is -2.22. The lowest BCUT2D eigenvalue weighted by molar-refractivity contribution is 0.0921. The lowest BCUT2D eigenvalue weighted by Gasteiger charge is -2.10. The number of aryl methyl sites for hydroxylation is 2. The van der Waals surface area contributed by atoms with Crippen molar-refractivity contribution in [3.05, 3.63) is 77.4 Å². The molecular formula is C22H22N4O2. The number of nitrogens with zero attached hydrogens (tertiary/aromatic N) is 2. The molecular weight excluding hydrogens is 352 g/mol. The minimum atomic E-state index is -0.201. The van der Waals surface area contributed by atoms with Crippen molar-refractivity contribution < 1.29 is 9.21 Å². The maximum absolute atomic E-state index is 12.4. The predicted molar refractivity (Wildman–Crippen MR) is 106 cm³/mol. The van der Waals surface area contributed by atoms with E-state index in [9.17, 15) is 4.79 Å². The van der Waals surface area contributed by atoms with Crippen molar-refractivity contribution in [3.8, 4) is 0 Å². The molecule has 1 aliphatic carbocycles. The molecule has 0 spiro atoms. The van der Waals surface area contributed by atoms with Crippen molar-refractivity contribution in [1.82, 2.24) is 19.9 Å². The first kappa shape index (κ1) is 16.9.